The van der Waals surface area contributed by atoms with Crippen LogP contribution in [0.4, 0.5) is 0 Å². The largest absolute Gasteiger partial charge is 0.443 e. The SMILES string of the molecule is OB(c1ccc(Br)cc1)c1ccc(Br)cc1. The number of halogens is 2. The lowest BCUT2D eigenvalue weighted by Crippen LogP contribution is -2.42. The molecule has 0 aliphatic carbocycles. The standard InChI is InChI=1S/C12H9BBr2O/c14-11-5-1-9(2-6-11)13(16)10-3-7-12(15)8-4-10/h1-8,16H. The predicted octanol–water partition coefficient (Wildman–Crippen LogP) is 2.31. The Morgan fingerprint density at radius 3 is 1.31 bits per heavy atom. The molecule has 0 saturated heterocycles. The smallest absolute Gasteiger partial charge is 0.358 e. The molecule has 0 saturated carbocycles. The van der Waals surface area contributed by atoms with E-state index in [0.717, 1.165) is 19.9 Å². The van der Waals surface area contributed by atoms with Gasteiger partial charge >= 0.3 is 6.92 Å². The zero-order valence-corrected chi connectivity index (χ0v) is 11.6. The molecule has 0 atom stereocenters. The summed E-state index contributed by atoms with van der Waals surface area (Å²) in [5.41, 5.74) is 1.79. The third-order valence-corrected chi connectivity index (χ3v) is 3.43. The Labute approximate surface area is 112 Å². The highest BCUT2D eigenvalue weighted by Crippen LogP contribution is 2.07. The number of hydrogen-bond donors (Lipinski definition) is 1. The Bertz CT molecular complexity index is 422. The first-order valence-corrected chi connectivity index (χ1v) is 6.44. The van der Waals surface area contributed by atoms with Gasteiger partial charge in [0.25, 0.3) is 0 Å². The third-order valence-electron chi connectivity index (χ3n) is 2.37. The summed E-state index contributed by atoms with van der Waals surface area (Å²) in [4.78, 5) is 0. The van der Waals surface area contributed by atoms with Crippen LogP contribution in [0.15, 0.2) is 57.5 Å². The van der Waals surface area contributed by atoms with Gasteiger partial charge in [-0.05, 0) is 35.2 Å². The molecule has 0 aliphatic heterocycles. The molecule has 2 aromatic rings. The van der Waals surface area contributed by atoms with Crippen LogP contribution >= 0.6 is 31.9 Å². The fourth-order valence-electron chi connectivity index (χ4n) is 1.48. The average molecular weight is 340 g/mol. The van der Waals surface area contributed by atoms with Gasteiger partial charge in [0.1, 0.15) is 0 Å². The molecule has 1 nitrogen and oxygen atoms in total. The van der Waals surface area contributed by atoms with E-state index in [0.29, 0.717) is 0 Å². The van der Waals surface area contributed by atoms with Crippen molar-refractivity contribution in [1.82, 2.24) is 0 Å². The highest BCUT2D eigenvalue weighted by molar-refractivity contribution is 9.10. The first-order chi connectivity index (χ1) is 7.66. The Morgan fingerprint density at radius 2 is 1.00 bits per heavy atom. The zero-order valence-electron chi connectivity index (χ0n) is 8.40. The van der Waals surface area contributed by atoms with Crippen molar-refractivity contribution in [2.45, 2.75) is 0 Å². The average Bonchev–Trinajstić information content (AvgIpc) is 2.30. The van der Waals surface area contributed by atoms with E-state index < -0.39 is 6.92 Å². The molecule has 16 heavy (non-hydrogen) atoms. The summed E-state index contributed by atoms with van der Waals surface area (Å²) >= 11 is 6.75. The van der Waals surface area contributed by atoms with Gasteiger partial charge < -0.3 is 5.02 Å². The number of rotatable bonds is 2. The second-order valence-corrected chi connectivity index (χ2v) is 5.34. The molecule has 0 heterocycles. The van der Waals surface area contributed by atoms with Crippen LogP contribution < -0.4 is 10.9 Å². The van der Waals surface area contributed by atoms with E-state index in [9.17, 15) is 5.02 Å². The summed E-state index contributed by atoms with van der Waals surface area (Å²) in [6.45, 7) is -0.568. The third kappa shape index (κ3) is 2.76. The first-order valence-electron chi connectivity index (χ1n) is 4.86. The van der Waals surface area contributed by atoms with Gasteiger partial charge in [-0.1, -0.05) is 56.1 Å². The maximum Gasteiger partial charge on any atom is 0.358 e. The topological polar surface area (TPSA) is 20.2 Å². The Hall–Kier alpha value is -0.575. The molecule has 1 N–H and O–H groups in total. The molecule has 0 radical (unpaired) electrons. The maximum absolute atomic E-state index is 10.1. The quantitative estimate of drug-likeness (QED) is 0.833. The summed E-state index contributed by atoms with van der Waals surface area (Å²) in [5, 5.41) is 10.1. The minimum atomic E-state index is -0.568. The van der Waals surface area contributed by atoms with E-state index in [1.165, 1.54) is 0 Å². The second-order valence-electron chi connectivity index (χ2n) is 3.51. The molecule has 2 rings (SSSR count). The van der Waals surface area contributed by atoms with Crippen molar-refractivity contribution in [3.05, 3.63) is 57.5 Å². The van der Waals surface area contributed by atoms with Crippen LogP contribution in [0.3, 0.4) is 0 Å². The van der Waals surface area contributed by atoms with Crippen LogP contribution in [0.2, 0.25) is 0 Å². The van der Waals surface area contributed by atoms with Crippen LogP contribution in [0.5, 0.6) is 0 Å². The molecule has 0 fully saturated rings. The molecule has 0 amide bonds. The molecular formula is C12H9BBr2O. The summed E-state index contributed by atoms with van der Waals surface area (Å²) in [6.07, 6.45) is 0. The van der Waals surface area contributed by atoms with E-state index in [1.54, 1.807) is 0 Å². The van der Waals surface area contributed by atoms with Gasteiger partial charge in [-0.3, -0.25) is 0 Å². The van der Waals surface area contributed by atoms with Crippen LogP contribution in [0.25, 0.3) is 0 Å². The fraction of sp³-hybridized carbons (Fsp3) is 0. The Kier molecular flexibility index (Phi) is 3.84. The van der Waals surface area contributed by atoms with Crippen molar-refractivity contribution >= 4 is 49.7 Å². The second kappa shape index (κ2) is 5.17. The number of hydrogen-bond acceptors (Lipinski definition) is 1. The van der Waals surface area contributed by atoms with E-state index in [2.05, 4.69) is 31.9 Å². The molecule has 0 aliphatic rings. The van der Waals surface area contributed by atoms with Crippen molar-refractivity contribution in [1.29, 1.82) is 0 Å². The van der Waals surface area contributed by atoms with E-state index in [4.69, 9.17) is 0 Å². The van der Waals surface area contributed by atoms with Crippen molar-refractivity contribution in [3.63, 3.8) is 0 Å². The molecule has 2 aromatic carbocycles. The van der Waals surface area contributed by atoms with Crippen molar-refractivity contribution in [2.75, 3.05) is 0 Å². The highest BCUT2D eigenvalue weighted by Gasteiger charge is 2.16. The van der Waals surface area contributed by atoms with E-state index >= 15 is 0 Å². The monoisotopic (exact) mass is 338 g/mol. The van der Waals surface area contributed by atoms with Crippen LogP contribution in [-0.2, 0) is 0 Å². The molecule has 80 valence electrons. The van der Waals surface area contributed by atoms with Crippen LogP contribution in [0, 0.1) is 0 Å². The molecule has 0 bridgehead atoms. The lowest BCUT2D eigenvalue weighted by Gasteiger charge is -2.07. The van der Waals surface area contributed by atoms with Crippen LogP contribution in [-0.4, -0.2) is 11.9 Å². The zero-order chi connectivity index (χ0) is 11.5. The van der Waals surface area contributed by atoms with Gasteiger partial charge in [0.2, 0.25) is 0 Å². The van der Waals surface area contributed by atoms with E-state index in [1.807, 2.05) is 48.5 Å². The molecule has 0 aromatic heterocycles. The van der Waals surface area contributed by atoms with Crippen LogP contribution in [0.1, 0.15) is 0 Å². The summed E-state index contributed by atoms with van der Waals surface area (Å²) in [5.74, 6) is 0. The predicted molar refractivity (Wildman–Crippen MR) is 75.5 cm³/mol. The normalized spacial score (nSPS) is 10.2. The van der Waals surface area contributed by atoms with Gasteiger partial charge in [0, 0.05) is 8.95 Å². The Balaban J connectivity index is 2.28. The van der Waals surface area contributed by atoms with Gasteiger partial charge in [-0.25, -0.2) is 0 Å². The minimum Gasteiger partial charge on any atom is -0.443 e. The Morgan fingerprint density at radius 1 is 0.688 bits per heavy atom. The lowest BCUT2D eigenvalue weighted by molar-refractivity contribution is 0.600. The van der Waals surface area contributed by atoms with Crippen molar-refractivity contribution in [3.8, 4) is 0 Å². The molecular weight excluding hydrogens is 331 g/mol. The minimum absolute atomic E-state index is 0.568. The van der Waals surface area contributed by atoms with Gasteiger partial charge in [0.05, 0.1) is 0 Å². The van der Waals surface area contributed by atoms with Gasteiger partial charge in [0.15, 0.2) is 0 Å². The molecule has 0 unspecified atom stereocenters. The molecule has 0 spiro atoms. The summed E-state index contributed by atoms with van der Waals surface area (Å²) in [6, 6.07) is 15.4. The summed E-state index contributed by atoms with van der Waals surface area (Å²) < 4.78 is 2.03. The molecule has 4 heteroatoms. The van der Waals surface area contributed by atoms with Crippen molar-refractivity contribution in [2.24, 2.45) is 0 Å². The highest BCUT2D eigenvalue weighted by atomic mass is 79.9. The fourth-order valence-corrected chi connectivity index (χ4v) is 2.01. The number of benzene rings is 2. The first kappa shape index (κ1) is 11.9. The lowest BCUT2D eigenvalue weighted by atomic mass is 9.56. The van der Waals surface area contributed by atoms with Crippen molar-refractivity contribution < 1.29 is 5.02 Å². The summed E-state index contributed by atoms with van der Waals surface area (Å²) in [7, 11) is 0. The van der Waals surface area contributed by atoms with Gasteiger partial charge in [-0.15, -0.1) is 0 Å². The van der Waals surface area contributed by atoms with E-state index in [-0.39, 0.29) is 0 Å². The van der Waals surface area contributed by atoms with Gasteiger partial charge in [-0.2, -0.15) is 0 Å². The maximum atomic E-state index is 10.1.